The molecule has 80 valence electrons. The van der Waals surface area contributed by atoms with Crippen molar-refractivity contribution in [1.82, 2.24) is 5.32 Å². The molecule has 0 aromatic carbocycles. The number of Topliss-reactive ketones (excluding diaryl/α,β-unsaturated/α-hetero) is 1. The molecule has 0 aromatic heterocycles. The lowest BCUT2D eigenvalue weighted by molar-refractivity contribution is -0.114. The topological polar surface area (TPSA) is 29.1 Å². The minimum absolute atomic E-state index is 0.137. The molecule has 0 radical (unpaired) electrons. The number of carbonyl (C=O) groups is 1. The molecular formula is C12H21NO. The van der Waals surface area contributed by atoms with Crippen molar-refractivity contribution < 1.29 is 4.79 Å². The van der Waals surface area contributed by atoms with Crippen molar-refractivity contribution in [1.29, 1.82) is 0 Å². The van der Waals surface area contributed by atoms with Crippen LogP contribution in [0.25, 0.3) is 0 Å². The van der Waals surface area contributed by atoms with Gasteiger partial charge in [0.1, 0.15) is 0 Å². The van der Waals surface area contributed by atoms with E-state index in [1.54, 1.807) is 12.2 Å². The summed E-state index contributed by atoms with van der Waals surface area (Å²) in [5.74, 6) is 0.137. The van der Waals surface area contributed by atoms with Crippen molar-refractivity contribution in [2.45, 2.75) is 20.3 Å². The van der Waals surface area contributed by atoms with Gasteiger partial charge in [-0.2, -0.15) is 0 Å². The average Bonchev–Trinajstić information content (AvgIpc) is 2.19. The maximum Gasteiger partial charge on any atom is 0.162 e. The fourth-order valence-electron chi connectivity index (χ4n) is 0.679. The molecule has 0 spiro atoms. The number of allylic oxidation sites excluding steroid dienone is 5. The van der Waals surface area contributed by atoms with Gasteiger partial charge in [-0.05, 0) is 21.0 Å². The highest BCUT2D eigenvalue weighted by Gasteiger charge is 1.99. The van der Waals surface area contributed by atoms with Crippen molar-refractivity contribution in [2.75, 3.05) is 14.1 Å². The van der Waals surface area contributed by atoms with Gasteiger partial charge in [-0.15, -0.1) is 0 Å². The summed E-state index contributed by atoms with van der Waals surface area (Å²) in [6.07, 6.45) is 7.62. The van der Waals surface area contributed by atoms with E-state index in [1.807, 2.05) is 40.1 Å². The summed E-state index contributed by atoms with van der Waals surface area (Å²) in [7, 11) is 3.75. The predicted octanol–water partition coefficient (Wildman–Crippen LogP) is 2.49. The van der Waals surface area contributed by atoms with Gasteiger partial charge in [0.05, 0.1) is 0 Å². The van der Waals surface area contributed by atoms with Crippen LogP contribution >= 0.6 is 0 Å². The summed E-state index contributed by atoms with van der Waals surface area (Å²) in [6, 6.07) is 0. The molecule has 0 unspecified atom stereocenters. The van der Waals surface area contributed by atoms with E-state index >= 15 is 0 Å². The van der Waals surface area contributed by atoms with Gasteiger partial charge in [-0.25, -0.2) is 0 Å². The Hall–Kier alpha value is -1.15. The second-order valence-electron chi connectivity index (χ2n) is 2.63. The van der Waals surface area contributed by atoms with Crippen molar-refractivity contribution in [3.05, 3.63) is 36.5 Å². The molecule has 0 fully saturated rings. The molecule has 14 heavy (non-hydrogen) atoms. The maximum absolute atomic E-state index is 11.1. The average molecular weight is 195 g/mol. The lowest BCUT2D eigenvalue weighted by atomic mass is 10.1. The summed E-state index contributed by atoms with van der Waals surface area (Å²) in [4.78, 5) is 11.1. The van der Waals surface area contributed by atoms with Crippen molar-refractivity contribution in [2.24, 2.45) is 0 Å². The Morgan fingerprint density at radius 2 is 1.93 bits per heavy atom. The van der Waals surface area contributed by atoms with Crippen LogP contribution in [-0.2, 0) is 4.79 Å². The van der Waals surface area contributed by atoms with Crippen LogP contribution in [0.5, 0.6) is 0 Å². The molecule has 0 heterocycles. The molecule has 1 N–H and O–H groups in total. The zero-order valence-electron chi connectivity index (χ0n) is 9.63. The molecule has 2 heteroatoms. The van der Waals surface area contributed by atoms with Crippen LogP contribution < -0.4 is 5.32 Å². The molecule has 0 aliphatic carbocycles. The van der Waals surface area contributed by atoms with E-state index in [1.165, 1.54) is 0 Å². The number of nitrogens with one attached hydrogen (secondary N) is 1. The van der Waals surface area contributed by atoms with E-state index in [0.717, 1.165) is 0 Å². The molecule has 0 aromatic rings. The SMILES string of the molecule is C=C/C(=C\C=C/C)C(=O)CC.CNC. The minimum Gasteiger partial charge on any atom is -0.323 e. The molecule has 0 amide bonds. The van der Waals surface area contributed by atoms with Crippen LogP contribution in [0.15, 0.2) is 36.5 Å². The summed E-state index contributed by atoms with van der Waals surface area (Å²) in [5.41, 5.74) is 0.686. The van der Waals surface area contributed by atoms with Gasteiger partial charge >= 0.3 is 0 Å². The highest BCUT2D eigenvalue weighted by molar-refractivity contribution is 5.97. The van der Waals surface area contributed by atoms with Crippen molar-refractivity contribution >= 4 is 5.78 Å². The van der Waals surface area contributed by atoms with Gasteiger partial charge in [0.2, 0.25) is 0 Å². The largest absolute Gasteiger partial charge is 0.323 e. The van der Waals surface area contributed by atoms with E-state index in [4.69, 9.17) is 0 Å². The Bertz CT molecular complexity index is 214. The Balaban J connectivity index is 0. The van der Waals surface area contributed by atoms with E-state index < -0.39 is 0 Å². The van der Waals surface area contributed by atoms with Crippen molar-refractivity contribution in [3.8, 4) is 0 Å². The molecule has 0 saturated heterocycles. The fourth-order valence-corrected chi connectivity index (χ4v) is 0.679. The Kier molecular flexibility index (Phi) is 13.0. The number of rotatable bonds is 4. The Morgan fingerprint density at radius 3 is 2.21 bits per heavy atom. The van der Waals surface area contributed by atoms with Crippen LogP contribution in [0, 0.1) is 0 Å². The first-order valence-corrected chi connectivity index (χ1v) is 4.74. The molecule has 0 bridgehead atoms. The minimum atomic E-state index is 0.137. The first-order chi connectivity index (χ1) is 6.67. The summed E-state index contributed by atoms with van der Waals surface area (Å²) < 4.78 is 0. The van der Waals surface area contributed by atoms with Crippen LogP contribution in [0.3, 0.4) is 0 Å². The van der Waals surface area contributed by atoms with E-state index in [9.17, 15) is 4.79 Å². The maximum atomic E-state index is 11.1. The van der Waals surface area contributed by atoms with Gasteiger partial charge in [0.25, 0.3) is 0 Å². The Labute approximate surface area is 87.4 Å². The zero-order chi connectivity index (χ0) is 11.4. The van der Waals surface area contributed by atoms with Crippen LogP contribution in [0.1, 0.15) is 20.3 Å². The van der Waals surface area contributed by atoms with E-state index in [0.29, 0.717) is 12.0 Å². The van der Waals surface area contributed by atoms with Gasteiger partial charge in [-0.3, -0.25) is 4.79 Å². The van der Waals surface area contributed by atoms with Crippen LogP contribution in [0.4, 0.5) is 0 Å². The van der Waals surface area contributed by atoms with Gasteiger partial charge in [0.15, 0.2) is 5.78 Å². The van der Waals surface area contributed by atoms with E-state index in [-0.39, 0.29) is 5.78 Å². The second-order valence-corrected chi connectivity index (χ2v) is 2.63. The predicted molar refractivity (Wildman–Crippen MR) is 63.4 cm³/mol. The van der Waals surface area contributed by atoms with Crippen LogP contribution in [0.2, 0.25) is 0 Å². The molecular weight excluding hydrogens is 174 g/mol. The second kappa shape index (κ2) is 11.8. The molecule has 2 nitrogen and oxygen atoms in total. The summed E-state index contributed by atoms with van der Waals surface area (Å²) >= 11 is 0. The standard InChI is InChI=1S/C10H14O.C2H7N/c1-4-7-8-9(5-2)10(11)6-3;1-3-2/h4-5,7-8H,2,6H2,1,3H3;3H,1-2H3/b7-4-,9-8+;. The lowest BCUT2D eigenvalue weighted by Crippen LogP contribution is -1.96. The van der Waals surface area contributed by atoms with Gasteiger partial charge in [0, 0.05) is 12.0 Å². The highest BCUT2D eigenvalue weighted by Crippen LogP contribution is 2.00. The smallest absolute Gasteiger partial charge is 0.162 e. The van der Waals surface area contributed by atoms with Crippen LogP contribution in [-0.4, -0.2) is 19.9 Å². The molecule has 0 rings (SSSR count). The molecule has 0 atom stereocenters. The van der Waals surface area contributed by atoms with Crippen molar-refractivity contribution in [3.63, 3.8) is 0 Å². The van der Waals surface area contributed by atoms with Gasteiger partial charge in [-0.1, -0.05) is 37.8 Å². The zero-order valence-corrected chi connectivity index (χ0v) is 9.63. The third kappa shape index (κ3) is 8.94. The first kappa shape index (κ1) is 15.3. The lowest BCUT2D eigenvalue weighted by Gasteiger charge is -1.94. The highest BCUT2D eigenvalue weighted by atomic mass is 16.1. The molecule has 0 saturated carbocycles. The summed E-state index contributed by atoms with van der Waals surface area (Å²) in [5, 5.41) is 2.75. The summed E-state index contributed by atoms with van der Waals surface area (Å²) in [6.45, 7) is 7.31. The number of hydrogen-bond donors (Lipinski definition) is 1. The Morgan fingerprint density at radius 1 is 1.43 bits per heavy atom. The normalized spacial score (nSPS) is 10.7. The fraction of sp³-hybridized carbons (Fsp3) is 0.417. The van der Waals surface area contributed by atoms with Gasteiger partial charge < -0.3 is 5.32 Å². The number of hydrogen-bond acceptors (Lipinski definition) is 2. The first-order valence-electron chi connectivity index (χ1n) is 4.74. The number of carbonyl (C=O) groups excluding carboxylic acids is 1. The quantitative estimate of drug-likeness (QED) is 0.551. The van der Waals surface area contributed by atoms with E-state index in [2.05, 4.69) is 11.9 Å². The number of ketones is 1. The third-order valence-electron chi connectivity index (χ3n) is 1.33. The molecule has 0 aliphatic heterocycles. The molecule has 0 aliphatic rings. The third-order valence-corrected chi connectivity index (χ3v) is 1.33. The monoisotopic (exact) mass is 195 g/mol.